The molecule has 32 heavy (non-hydrogen) atoms. The molecule has 1 heterocycles. The Kier molecular flexibility index (Phi) is 9.97. The summed E-state index contributed by atoms with van der Waals surface area (Å²) < 4.78 is 23.0. The van der Waals surface area contributed by atoms with Gasteiger partial charge in [-0.25, -0.2) is 9.59 Å². The van der Waals surface area contributed by atoms with Crippen LogP contribution < -0.4 is 5.32 Å². The normalized spacial score (nSPS) is 24.8. The molecular weight excluding hydrogens is 410 g/mol. The van der Waals surface area contributed by atoms with Gasteiger partial charge in [0.2, 0.25) is 0 Å². The highest BCUT2D eigenvalue weighted by Crippen LogP contribution is 2.26. The van der Waals surface area contributed by atoms with E-state index in [1.54, 1.807) is 20.8 Å². The summed E-state index contributed by atoms with van der Waals surface area (Å²) in [4.78, 5) is 25.0. The van der Waals surface area contributed by atoms with Crippen LogP contribution in [-0.2, 0) is 30.2 Å². The van der Waals surface area contributed by atoms with Crippen molar-refractivity contribution in [2.75, 3.05) is 26.4 Å². The van der Waals surface area contributed by atoms with Crippen LogP contribution in [0.1, 0.15) is 47.1 Å². The first kappa shape index (κ1) is 26.1. The summed E-state index contributed by atoms with van der Waals surface area (Å²) in [7, 11) is 0. The third kappa shape index (κ3) is 9.17. The van der Waals surface area contributed by atoms with Crippen LogP contribution in [0, 0.1) is 17.8 Å². The molecule has 7 heteroatoms. The van der Waals surface area contributed by atoms with Crippen molar-refractivity contribution >= 4 is 12.1 Å². The maximum absolute atomic E-state index is 12.8. The predicted molar refractivity (Wildman–Crippen MR) is 122 cm³/mol. The summed E-state index contributed by atoms with van der Waals surface area (Å²) in [6.07, 6.45) is -0.289. The molecule has 0 bridgehead atoms. The average Bonchev–Trinajstić information content (AvgIpc) is 2.72. The molecule has 1 aromatic carbocycles. The number of alkyl carbamates (subject to hydrolysis) is 1. The van der Waals surface area contributed by atoms with Crippen LogP contribution in [-0.4, -0.2) is 56.2 Å². The molecule has 1 aromatic rings. The van der Waals surface area contributed by atoms with Gasteiger partial charge in [-0.05, 0) is 51.5 Å². The van der Waals surface area contributed by atoms with Crippen molar-refractivity contribution in [3.63, 3.8) is 0 Å². The first-order valence-corrected chi connectivity index (χ1v) is 11.4. The van der Waals surface area contributed by atoms with Gasteiger partial charge in [0.15, 0.2) is 6.04 Å². The van der Waals surface area contributed by atoms with Crippen molar-refractivity contribution in [2.24, 2.45) is 17.8 Å². The number of esters is 1. The molecule has 4 atom stereocenters. The zero-order chi connectivity index (χ0) is 23.7. The van der Waals surface area contributed by atoms with E-state index in [1.165, 1.54) is 5.56 Å². The van der Waals surface area contributed by atoms with E-state index in [9.17, 15) is 9.59 Å². The number of hydrogen-bond acceptors (Lipinski definition) is 6. The molecule has 1 amide bonds. The minimum atomic E-state index is -0.931. The molecule has 1 saturated heterocycles. The second kappa shape index (κ2) is 12.2. The SMILES string of the molecule is CC(C)COC[C@H]1[C@H](Cc2ccccc2)COC[C@@H](NC(=O)OC(C)(C)C)C(=O)O[C@@H]1C. The number of nitrogens with one attached hydrogen (secondary N) is 1. The van der Waals surface area contributed by atoms with Crippen LogP contribution in [0.2, 0.25) is 0 Å². The fourth-order valence-electron chi connectivity index (χ4n) is 3.65. The van der Waals surface area contributed by atoms with Crippen LogP contribution in [0.15, 0.2) is 30.3 Å². The van der Waals surface area contributed by atoms with E-state index in [0.29, 0.717) is 25.7 Å². The van der Waals surface area contributed by atoms with Gasteiger partial charge in [0.1, 0.15) is 11.7 Å². The standard InChI is InChI=1S/C25H39NO6/c1-17(2)13-29-15-21-18(3)31-23(27)22(26-24(28)32-25(4,5)6)16-30-14-20(21)12-19-10-8-7-9-11-19/h7-11,17-18,20-22H,12-16H2,1-6H3,(H,26,28)/t18-,20-,21-,22-/m1/s1. The number of carbonyl (C=O) groups excluding carboxylic acids is 2. The molecular formula is C25H39NO6. The molecule has 1 aliphatic rings. The number of ether oxygens (including phenoxy) is 4. The highest BCUT2D eigenvalue weighted by Gasteiger charge is 2.35. The second-order valence-electron chi connectivity index (χ2n) is 9.92. The number of rotatable bonds is 7. The second-order valence-corrected chi connectivity index (χ2v) is 9.92. The maximum Gasteiger partial charge on any atom is 0.408 e. The summed E-state index contributed by atoms with van der Waals surface area (Å²) in [5.74, 6) is -0.0705. The van der Waals surface area contributed by atoms with Crippen LogP contribution in [0.4, 0.5) is 4.79 Å². The largest absolute Gasteiger partial charge is 0.461 e. The molecule has 0 aliphatic carbocycles. The van der Waals surface area contributed by atoms with Gasteiger partial charge in [-0.1, -0.05) is 44.2 Å². The third-order valence-electron chi connectivity index (χ3n) is 5.20. The van der Waals surface area contributed by atoms with Crippen molar-refractivity contribution in [2.45, 2.75) is 65.7 Å². The molecule has 180 valence electrons. The van der Waals surface area contributed by atoms with E-state index in [2.05, 4.69) is 31.3 Å². The summed E-state index contributed by atoms with van der Waals surface area (Å²) >= 11 is 0. The van der Waals surface area contributed by atoms with E-state index in [0.717, 1.165) is 6.42 Å². The van der Waals surface area contributed by atoms with Crippen LogP contribution in [0.5, 0.6) is 0 Å². The van der Waals surface area contributed by atoms with Gasteiger partial charge in [-0.3, -0.25) is 0 Å². The number of benzene rings is 1. The Bertz CT molecular complexity index is 715. The fraction of sp³-hybridized carbons (Fsp3) is 0.680. The Morgan fingerprint density at radius 1 is 1.19 bits per heavy atom. The lowest BCUT2D eigenvalue weighted by Crippen LogP contribution is -2.47. The summed E-state index contributed by atoms with van der Waals surface area (Å²) in [6.45, 7) is 12.9. The summed E-state index contributed by atoms with van der Waals surface area (Å²) in [5, 5.41) is 2.59. The molecule has 0 aromatic heterocycles. The summed E-state index contributed by atoms with van der Waals surface area (Å²) in [5.41, 5.74) is 0.524. The zero-order valence-corrected chi connectivity index (χ0v) is 20.3. The lowest BCUT2D eigenvalue weighted by atomic mass is 9.84. The molecule has 1 N–H and O–H groups in total. The van der Waals surface area contributed by atoms with E-state index in [1.807, 2.05) is 25.1 Å². The molecule has 0 saturated carbocycles. The minimum Gasteiger partial charge on any atom is -0.461 e. The van der Waals surface area contributed by atoms with Crippen LogP contribution in [0.25, 0.3) is 0 Å². The Hall–Kier alpha value is -2.12. The van der Waals surface area contributed by atoms with Crippen molar-refractivity contribution in [3.8, 4) is 0 Å². The Morgan fingerprint density at radius 2 is 1.88 bits per heavy atom. The lowest BCUT2D eigenvalue weighted by molar-refractivity contribution is -0.155. The third-order valence-corrected chi connectivity index (χ3v) is 5.20. The van der Waals surface area contributed by atoms with E-state index >= 15 is 0 Å². The van der Waals surface area contributed by atoms with Crippen molar-refractivity contribution < 1.29 is 28.5 Å². The monoisotopic (exact) mass is 449 g/mol. The average molecular weight is 450 g/mol. The first-order chi connectivity index (χ1) is 15.0. The van der Waals surface area contributed by atoms with Crippen LogP contribution in [0.3, 0.4) is 0 Å². The number of cyclic esters (lactones) is 1. The zero-order valence-electron chi connectivity index (χ0n) is 20.3. The maximum atomic E-state index is 12.8. The molecule has 7 nitrogen and oxygen atoms in total. The van der Waals surface area contributed by atoms with Gasteiger partial charge in [0, 0.05) is 12.5 Å². The molecule has 1 aliphatic heterocycles. The molecule has 2 rings (SSSR count). The van der Waals surface area contributed by atoms with Crippen molar-refractivity contribution in [1.29, 1.82) is 0 Å². The topological polar surface area (TPSA) is 83.1 Å². The van der Waals surface area contributed by atoms with Gasteiger partial charge in [-0.2, -0.15) is 0 Å². The lowest BCUT2D eigenvalue weighted by Gasteiger charge is -2.31. The Labute approximate surface area is 192 Å². The van der Waals surface area contributed by atoms with Gasteiger partial charge < -0.3 is 24.3 Å². The quantitative estimate of drug-likeness (QED) is 0.634. The van der Waals surface area contributed by atoms with Crippen molar-refractivity contribution in [3.05, 3.63) is 35.9 Å². The Balaban J connectivity index is 2.14. The highest BCUT2D eigenvalue weighted by molar-refractivity contribution is 5.81. The van der Waals surface area contributed by atoms with Gasteiger partial charge in [-0.15, -0.1) is 0 Å². The van der Waals surface area contributed by atoms with E-state index in [4.69, 9.17) is 18.9 Å². The van der Waals surface area contributed by atoms with Gasteiger partial charge in [0.05, 0.1) is 19.8 Å². The molecule has 0 unspecified atom stereocenters. The highest BCUT2D eigenvalue weighted by atomic mass is 16.6. The molecule has 0 spiro atoms. The molecule has 1 fully saturated rings. The van der Waals surface area contributed by atoms with E-state index < -0.39 is 29.8 Å². The summed E-state index contributed by atoms with van der Waals surface area (Å²) in [6, 6.07) is 9.26. The minimum absolute atomic E-state index is 0.0235. The van der Waals surface area contributed by atoms with E-state index in [-0.39, 0.29) is 18.4 Å². The van der Waals surface area contributed by atoms with Crippen LogP contribution >= 0.6 is 0 Å². The van der Waals surface area contributed by atoms with Gasteiger partial charge in [0.25, 0.3) is 0 Å². The number of hydrogen-bond donors (Lipinski definition) is 1. The Morgan fingerprint density at radius 3 is 2.50 bits per heavy atom. The molecule has 0 radical (unpaired) electrons. The van der Waals surface area contributed by atoms with Gasteiger partial charge >= 0.3 is 12.1 Å². The van der Waals surface area contributed by atoms with Crippen molar-refractivity contribution in [1.82, 2.24) is 5.32 Å². The fourth-order valence-corrected chi connectivity index (χ4v) is 3.65. The predicted octanol–water partition coefficient (Wildman–Crippen LogP) is 3.99. The number of carbonyl (C=O) groups is 2. The first-order valence-electron chi connectivity index (χ1n) is 11.4. The smallest absolute Gasteiger partial charge is 0.408 e. The number of amides is 1.